The predicted molar refractivity (Wildman–Crippen MR) is 147 cm³/mol. The maximum atomic E-state index is 11.8. The largest absolute Gasteiger partial charge is 0.507 e. The van der Waals surface area contributed by atoms with Crippen LogP contribution in [0.3, 0.4) is 0 Å². The minimum atomic E-state index is -0.492. The van der Waals surface area contributed by atoms with Crippen LogP contribution in [0, 0.1) is 20.2 Å². The molecule has 0 amide bonds. The molecule has 0 atom stereocenters. The van der Waals surface area contributed by atoms with Crippen LogP contribution >= 0.6 is 0 Å². The second-order valence-electron chi connectivity index (χ2n) is 9.67. The van der Waals surface area contributed by atoms with Crippen molar-refractivity contribution in [3.8, 4) is 23.0 Å². The maximum absolute atomic E-state index is 11.8. The molecule has 1 aliphatic carbocycles. The molecule has 8 bridgehead atoms. The first-order valence-electron chi connectivity index (χ1n) is 12.5. The van der Waals surface area contributed by atoms with Crippen LogP contribution in [0.4, 0.5) is 11.4 Å². The molecule has 10 nitrogen and oxygen atoms in total. The lowest BCUT2D eigenvalue weighted by Crippen LogP contribution is -2.05. The molecule has 0 saturated heterocycles. The average molecular weight is 543 g/mol. The topological polar surface area (TPSA) is 145 Å². The summed E-state index contributed by atoms with van der Waals surface area (Å²) in [6.07, 6.45) is 0.503. The first-order chi connectivity index (χ1) is 19.2. The third-order valence-electron chi connectivity index (χ3n) is 7.21. The fraction of sp³-hybridized carbons (Fsp3) is 0.200. The Bertz CT molecular complexity index is 1450. The minimum absolute atomic E-state index is 0.0592. The Labute approximate surface area is 229 Å². The van der Waals surface area contributed by atoms with Crippen LogP contribution in [0.15, 0.2) is 60.7 Å². The van der Waals surface area contributed by atoms with E-state index in [4.69, 9.17) is 9.47 Å². The van der Waals surface area contributed by atoms with Crippen LogP contribution in [0.1, 0.15) is 44.5 Å². The second kappa shape index (κ2) is 10.6. The summed E-state index contributed by atoms with van der Waals surface area (Å²) in [5.74, 6) is 0.801. The third kappa shape index (κ3) is 4.86. The quantitative estimate of drug-likeness (QED) is 0.220. The van der Waals surface area contributed by atoms with Crippen molar-refractivity contribution >= 4 is 11.4 Å². The Morgan fingerprint density at radius 2 is 0.850 bits per heavy atom. The van der Waals surface area contributed by atoms with Crippen LogP contribution in [-0.2, 0) is 25.7 Å². The molecule has 10 heteroatoms. The van der Waals surface area contributed by atoms with Gasteiger partial charge in [-0.1, -0.05) is 36.4 Å². The van der Waals surface area contributed by atoms with Crippen LogP contribution in [0.25, 0.3) is 0 Å². The number of phenols is 2. The van der Waals surface area contributed by atoms with Crippen molar-refractivity contribution in [2.75, 3.05) is 14.2 Å². The van der Waals surface area contributed by atoms with Crippen LogP contribution in [0.2, 0.25) is 0 Å². The highest BCUT2D eigenvalue weighted by Gasteiger charge is 2.24. The summed E-state index contributed by atoms with van der Waals surface area (Å²) in [4.78, 5) is 22.7. The lowest BCUT2D eigenvalue weighted by Gasteiger charge is -2.19. The van der Waals surface area contributed by atoms with Crippen molar-refractivity contribution < 1.29 is 29.5 Å². The highest BCUT2D eigenvalue weighted by atomic mass is 16.6. The first kappa shape index (κ1) is 26.5. The van der Waals surface area contributed by atoms with Gasteiger partial charge in [-0.05, 0) is 22.3 Å². The van der Waals surface area contributed by atoms with Gasteiger partial charge in [0, 0.05) is 72.2 Å². The van der Waals surface area contributed by atoms with E-state index in [-0.39, 0.29) is 48.6 Å². The van der Waals surface area contributed by atoms with Gasteiger partial charge in [0.2, 0.25) is 0 Å². The van der Waals surface area contributed by atoms with Crippen LogP contribution < -0.4 is 9.47 Å². The number of nitrogens with zero attached hydrogens (tertiary/aromatic N) is 2. The monoisotopic (exact) mass is 542 g/mol. The zero-order valence-electron chi connectivity index (χ0n) is 21.8. The number of fused-ring (bicyclic) bond motifs is 8. The van der Waals surface area contributed by atoms with Gasteiger partial charge in [0.25, 0.3) is 11.4 Å². The lowest BCUT2D eigenvalue weighted by atomic mass is 9.91. The molecular formula is C30H26N2O8. The van der Waals surface area contributed by atoms with Crippen molar-refractivity contribution in [1.82, 2.24) is 0 Å². The zero-order chi connectivity index (χ0) is 28.6. The Balaban J connectivity index is 1.80. The van der Waals surface area contributed by atoms with Gasteiger partial charge < -0.3 is 19.7 Å². The van der Waals surface area contributed by atoms with Crippen molar-refractivity contribution in [3.63, 3.8) is 0 Å². The fourth-order valence-corrected chi connectivity index (χ4v) is 5.41. The van der Waals surface area contributed by atoms with E-state index < -0.39 is 9.85 Å². The van der Waals surface area contributed by atoms with Crippen LogP contribution in [0.5, 0.6) is 23.0 Å². The van der Waals surface area contributed by atoms with Gasteiger partial charge in [0.15, 0.2) is 0 Å². The van der Waals surface area contributed by atoms with Crippen LogP contribution in [-0.4, -0.2) is 34.3 Å². The molecule has 0 unspecified atom stereocenters. The third-order valence-corrected chi connectivity index (χ3v) is 7.21. The van der Waals surface area contributed by atoms with Crippen molar-refractivity contribution in [1.29, 1.82) is 0 Å². The lowest BCUT2D eigenvalue weighted by molar-refractivity contribution is -0.385. The molecule has 0 heterocycles. The van der Waals surface area contributed by atoms with Gasteiger partial charge in [-0.15, -0.1) is 0 Å². The normalized spacial score (nSPS) is 12.4. The highest BCUT2D eigenvalue weighted by molar-refractivity contribution is 5.59. The zero-order valence-corrected chi connectivity index (χ0v) is 21.8. The molecule has 2 N–H and O–H groups in total. The molecule has 40 heavy (non-hydrogen) atoms. The van der Waals surface area contributed by atoms with E-state index >= 15 is 0 Å². The summed E-state index contributed by atoms with van der Waals surface area (Å²) in [7, 11) is 2.97. The maximum Gasteiger partial charge on any atom is 0.270 e. The van der Waals surface area contributed by atoms with Crippen molar-refractivity contribution in [2.45, 2.75) is 25.7 Å². The van der Waals surface area contributed by atoms with Gasteiger partial charge in [0.05, 0.1) is 24.1 Å². The summed E-state index contributed by atoms with van der Waals surface area (Å²) in [5, 5.41) is 46.2. The predicted octanol–water partition coefficient (Wildman–Crippen LogP) is 5.61. The number of hydrogen-bond donors (Lipinski definition) is 2. The summed E-state index contributed by atoms with van der Waals surface area (Å²) in [6, 6.07) is 16.1. The number of ether oxygens (including phenoxy) is 2. The Kier molecular flexibility index (Phi) is 7.00. The molecule has 0 aliphatic heterocycles. The molecule has 1 aliphatic rings. The number of non-ortho nitro benzene ring substituents is 2. The van der Waals surface area contributed by atoms with E-state index in [1.54, 1.807) is 36.4 Å². The number of hydrogen-bond acceptors (Lipinski definition) is 8. The smallest absolute Gasteiger partial charge is 0.270 e. The van der Waals surface area contributed by atoms with E-state index in [1.807, 2.05) is 0 Å². The Hall–Kier alpha value is -5.12. The number of para-hydroxylation sites is 2. The molecule has 0 saturated carbocycles. The molecular weight excluding hydrogens is 516 g/mol. The summed E-state index contributed by atoms with van der Waals surface area (Å²) >= 11 is 0. The van der Waals surface area contributed by atoms with Gasteiger partial charge in [-0.3, -0.25) is 20.2 Å². The van der Waals surface area contributed by atoms with Crippen molar-refractivity contribution in [2.24, 2.45) is 0 Å². The molecule has 5 rings (SSSR count). The molecule has 4 aromatic carbocycles. The average Bonchev–Trinajstić information content (AvgIpc) is 2.92. The summed E-state index contributed by atoms with van der Waals surface area (Å²) < 4.78 is 11.4. The van der Waals surface area contributed by atoms with Gasteiger partial charge >= 0.3 is 0 Å². The van der Waals surface area contributed by atoms with E-state index in [1.165, 1.54) is 38.5 Å². The number of methoxy groups -OCH3 is 2. The number of nitro groups is 2. The highest BCUT2D eigenvalue weighted by Crippen LogP contribution is 2.40. The summed E-state index contributed by atoms with van der Waals surface area (Å²) in [5.41, 5.74) is 3.70. The number of nitro benzene ring substituents is 2. The Morgan fingerprint density at radius 3 is 1.07 bits per heavy atom. The van der Waals surface area contributed by atoms with Crippen molar-refractivity contribution in [3.05, 3.63) is 125 Å². The Morgan fingerprint density at radius 1 is 0.575 bits per heavy atom. The van der Waals surface area contributed by atoms with E-state index in [2.05, 4.69) is 0 Å². The molecule has 0 fully saturated rings. The molecule has 0 aromatic heterocycles. The number of rotatable bonds is 4. The molecule has 4 aromatic rings. The second-order valence-corrected chi connectivity index (χ2v) is 9.67. The standard InChI is InChI=1S/C30H26N2O8/c1-39-29-17-5-3-6-18(29)10-22-14-26(32(37)38)16-24(28(22)34)12-20-8-4-7-19(30(20)40-2)11-23-15-25(31(35)36)13-21(9-17)27(23)33/h3-8,13-16,33-34H,9-12H2,1-2H3. The summed E-state index contributed by atoms with van der Waals surface area (Å²) in [6.45, 7) is 0. The van der Waals surface area contributed by atoms with E-state index in [0.717, 1.165) is 0 Å². The van der Waals surface area contributed by atoms with E-state index in [9.17, 15) is 30.4 Å². The number of benzene rings is 4. The van der Waals surface area contributed by atoms with Gasteiger partial charge in [-0.2, -0.15) is 0 Å². The molecule has 0 radical (unpaired) electrons. The minimum Gasteiger partial charge on any atom is -0.507 e. The van der Waals surface area contributed by atoms with E-state index in [0.29, 0.717) is 56.0 Å². The van der Waals surface area contributed by atoms with Gasteiger partial charge in [0.1, 0.15) is 23.0 Å². The molecule has 0 spiro atoms. The first-order valence-corrected chi connectivity index (χ1v) is 12.5. The number of aromatic hydroxyl groups is 2. The number of phenolic OH excluding ortho intramolecular Hbond substituents is 2. The SMILES string of the molecule is COc1c2cccc1Cc1cc([N+](=O)[O-])cc(c1O)Cc1cccc(c1OC)Cc1cc([N+](=O)[O-])cc(c1O)C2. The fourth-order valence-electron chi connectivity index (χ4n) is 5.41. The van der Waals surface area contributed by atoms with Gasteiger partial charge in [-0.25, -0.2) is 0 Å². The molecule has 204 valence electrons.